The fourth-order valence-corrected chi connectivity index (χ4v) is 5.20. The molecule has 1 saturated heterocycles. The monoisotopic (exact) mass is 468 g/mol. The smallest absolute Gasteiger partial charge is 0.260 e. The number of hydrogen-bond donors (Lipinski definition) is 0. The van der Waals surface area contributed by atoms with E-state index in [4.69, 9.17) is 4.74 Å². The lowest BCUT2D eigenvalue weighted by Gasteiger charge is -2.32. The molecular weight excluding hydrogens is 436 g/mol. The van der Waals surface area contributed by atoms with Crippen LogP contribution in [-0.4, -0.2) is 47.9 Å². The predicted octanol–water partition coefficient (Wildman–Crippen LogP) is 4.75. The molecule has 2 amide bonds. The molecule has 2 aliphatic heterocycles. The summed E-state index contributed by atoms with van der Waals surface area (Å²) in [6, 6.07) is 26.2. The summed E-state index contributed by atoms with van der Waals surface area (Å²) < 4.78 is 5.98. The van der Waals surface area contributed by atoms with Gasteiger partial charge in [0.1, 0.15) is 5.75 Å². The van der Waals surface area contributed by atoms with Gasteiger partial charge in [-0.1, -0.05) is 66.7 Å². The molecule has 0 unspecified atom stereocenters. The topological polar surface area (TPSA) is 49.9 Å². The van der Waals surface area contributed by atoms with Gasteiger partial charge < -0.3 is 14.5 Å². The van der Waals surface area contributed by atoms with Gasteiger partial charge in [-0.2, -0.15) is 0 Å². The number of carbonyl (C=O) groups is 2. The van der Waals surface area contributed by atoms with Gasteiger partial charge >= 0.3 is 0 Å². The Morgan fingerprint density at radius 1 is 0.829 bits per heavy atom. The molecule has 0 bridgehead atoms. The van der Waals surface area contributed by atoms with Crippen LogP contribution in [0.2, 0.25) is 0 Å². The van der Waals surface area contributed by atoms with Crippen LogP contribution in [0.5, 0.6) is 5.75 Å². The summed E-state index contributed by atoms with van der Waals surface area (Å²) in [5.41, 5.74) is 4.08. The molecule has 5 rings (SSSR count). The van der Waals surface area contributed by atoms with Crippen LogP contribution in [0, 0.1) is 5.92 Å². The molecule has 0 saturated carbocycles. The maximum absolute atomic E-state index is 13.1. The van der Waals surface area contributed by atoms with E-state index >= 15 is 0 Å². The number of ether oxygens (including phenoxy) is 1. The van der Waals surface area contributed by atoms with Gasteiger partial charge in [0.05, 0.1) is 0 Å². The summed E-state index contributed by atoms with van der Waals surface area (Å²) in [5, 5.41) is 0. The van der Waals surface area contributed by atoms with Crippen molar-refractivity contribution in [3.05, 3.63) is 101 Å². The quantitative estimate of drug-likeness (QED) is 0.503. The highest BCUT2D eigenvalue weighted by atomic mass is 16.5. The first-order chi connectivity index (χ1) is 17.2. The van der Waals surface area contributed by atoms with Crippen LogP contribution < -0.4 is 4.74 Å². The summed E-state index contributed by atoms with van der Waals surface area (Å²) in [6.07, 6.45) is 3.84. The zero-order valence-electron chi connectivity index (χ0n) is 20.1. The molecule has 2 aliphatic rings. The number of carbonyl (C=O) groups excluding carboxylic acids is 2. The molecular formula is C30H32N2O3. The summed E-state index contributed by atoms with van der Waals surface area (Å²) in [4.78, 5) is 29.8. The Bertz CT molecular complexity index is 1150. The number of likely N-dealkylation sites (tertiary alicyclic amines) is 1. The number of piperidine rings is 1. The number of rotatable bonds is 7. The van der Waals surface area contributed by atoms with Gasteiger partial charge in [0.15, 0.2) is 6.61 Å². The Labute approximate surface area is 207 Å². The van der Waals surface area contributed by atoms with Gasteiger partial charge in [0, 0.05) is 37.3 Å². The summed E-state index contributed by atoms with van der Waals surface area (Å²) in [6.45, 7) is 2.81. The SMILES string of the molecule is O=C(COc1cccc2c1CCN(Cc1ccccc1)C2=O)N1CCC(Cc2ccccc2)CC1. The van der Waals surface area contributed by atoms with Crippen LogP contribution in [0.25, 0.3) is 0 Å². The van der Waals surface area contributed by atoms with Gasteiger partial charge in [-0.3, -0.25) is 9.59 Å². The number of amides is 2. The van der Waals surface area contributed by atoms with E-state index in [1.54, 1.807) is 0 Å². The molecule has 5 nitrogen and oxygen atoms in total. The van der Waals surface area contributed by atoms with Gasteiger partial charge in [-0.15, -0.1) is 0 Å². The zero-order chi connectivity index (χ0) is 24.0. The molecule has 0 aromatic heterocycles. The molecule has 0 aliphatic carbocycles. The van der Waals surface area contributed by atoms with Crippen molar-refractivity contribution >= 4 is 11.8 Å². The predicted molar refractivity (Wildman–Crippen MR) is 136 cm³/mol. The van der Waals surface area contributed by atoms with Crippen molar-refractivity contribution in [2.45, 2.75) is 32.2 Å². The van der Waals surface area contributed by atoms with Crippen molar-refractivity contribution in [1.29, 1.82) is 0 Å². The van der Waals surface area contributed by atoms with Crippen LogP contribution in [0.3, 0.4) is 0 Å². The molecule has 0 N–H and O–H groups in total. The summed E-state index contributed by atoms with van der Waals surface area (Å²) in [5.74, 6) is 1.32. The standard InChI is InChI=1S/C30H32N2O3/c33-29(31-17-14-24(15-18-31)20-23-8-3-1-4-9-23)22-35-28-13-7-12-27-26(28)16-19-32(30(27)34)21-25-10-5-2-6-11-25/h1-13,24H,14-22H2. The second kappa shape index (κ2) is 10.8. The fourth-order valence-electron chi connectivity index (χ4n) is 5.20. The van der Waals surface area contributed by atoms with Crippen LogP contribution in [-0.2, 0) is 24.2 Å². The van der Waals surface area contributed by atoms with Crippen molar-refractivity contribution in [3.8, 4) is 5.75 Å². The minimum absolute atomic E-state index is 0.0156. The first-order valence-corrected chi connectivity index (χ1v) is 12.6. The highest BCUT2D eigenvalue weighted by molar-refractivity contribution is 5.97. The van der Waals surface area contributed by atoms with Crippen molar-refractivity contribution in [2.24, 2.45) is 5.92 Å². The number of fused-ring (bicyclic) bond motifs is 1. The Morgan fingerprint density at radius 2 is 1.51 bits per heavy atom. The van der Waals surface area contributed by atoms with E-state index in [9.17, 15) is 9.59 Å². The Kier molecular flexibility index (Phi) is 7.12. The van der Waals surface area contributed by atoms with E-state index in [0.717, 1.165) is 49.9 Å². The lowest BCUT2D eigenvalue weighted by Crippen LogP contribution is -2.41. The van der Waals surface area contributed by atoms with Crippen LogP contribution in [0.15, 0.2) is 78.9 Å². The van der Waals surface area contributed by atoms with Crippen molar-refractivity contribution in [1.82, 2.24) is 9.80 Å². The van der Waals surface area contributed by atoms with E-state index in [1.807, 2.05) is 64.4 Å². The molecule has 0 spiro atoms. The number of hydrogen-bond acceptors (Lipinski definition) is 3. The van der Waals surface area contributed by atoms with Gasteiger partial charge in [0.2, 0.25) is 0 Å². The lowest BCUT2D eigenvalue weighted by molar-refractivity contribution is -0.134. The highest BCUT2D eigenvalue weighted by Gasteiger charge is 2.28. The maximum Gasteiger partial charge on any atom is 0.260 e. The van der Waals surface area contributed by atoms with Gasteiger partial charge in [-0.25, -0.2) is 0 Å². The van der Waals surface area contributed by atoms with E-state index in [-0.39, 0.29) is 18.4 Å². The van der Waals surface area contributed by atoms with Crippen molar-refractivity contribution in [3.63, 3.8) is 0 Å². The molecule has 2 heterocycles. The number of nitrogens with zero attached hydrogens (tertiary/aromatic N) is 2. The third-order valence-electron chi connectivity index (χ3n) is 7.18. The molecule has 35 heavy (non-hydrogen) atoms. The second-order valence-corrected chi connectivity index (χ2v) is 9.55. The summed E-state index contributed by atoms with van der Waals surface area (Å²) in [7, 11) is 0. The third kappa shape index (κ3) is 5.56. The normalized spacial score (nSPS) is 16.2. The van der Waals surface area contributed by atoms with E-state index < -0.39 is 0 Å². The minimum atomic E-state index is 0.0156. The zero-order valence-corrected chi connectivity index (χ0v) is 20.1. The Hall–Kier alpha value is -3.60. The van der Waals surface area contributed by atoms with E-state index in [0.29, 0.717) is 30.3 Å². The molecule has 180 valence electrons. The Balaban J connectivity index is 1.15. The first kappa shape index (κ1) is 23.2. The van der Waals surface area contributed by atoms with Crippen LogP contribution >= 0.6 is 0 Å². The second-order valence-electron chi connectivity index (χ2n) is 9.55. The molecule has 0 radical (unpaired) electrons. The lowest BCUT2D eigenvalue weighted by atomic mass is 9.90. The van der Waals surface area contributed by atoms with E-state index in [1.165, 1.54) is 5.56 Å². The average Bonchev–Trinajstić information content (AvgIpc) is 2.90. The highest BCUT2D eigenvalue weighted by Crippen LogP contribution is 2.29. The Morgan fingerprint density at radius 3 is 2.23 bits per heavy atom. The molecule has 0 atom stereocenters. The number of benzene rings is 3. The maximum atomic E-state index is 13.1. The van der Waals surface area contributed by atoms with Crippen LogP contribution in [0.4, 0.5) is 0 Å². The van der Waals surface area contributed by atoms with Crippen LogP contribution in [0.1, 0.15) is 39.9 Å². The first-order valence-electron chi connectivity index (χ1n) is 12.6. The van der Waals surface area contributed by atoms with Crippen molar-refractivity contribution in [2.75, 3.05) is 26.2 Å². The van der Waals surface area contributed by atoms with Gasteiger partial charge in [0.25, 0.3) is 11.8 Å². The summed E-state index contributed by atoms with van der Waals surface area (Å²) >= 11 is 0. The van der Waals surface area contributed by atoms with Crippen molar-refractivity contribution < 1.29 is 14.3 Å². The molecule has 3 aromatic rings. The molecule has 5 heteroatoms. The molecule has 3 aromatic carbocycles. The largest absolute Gasteiger partial charge is 0.483 e. The fraction of sp³-hybridized carbons (Fsp3) is 0.333. The average molecular weight is 469 g/mol. The third-order valence-corrected chi connectivity index (χ3v) is 7.18. The molecule has 1 fully saturated rings. The van der Waals surface area contributed by atoms with Gasteiger partial charge in [-0.05, 0) is 54.9 Å². The minimum Gasteiger partial charge on any atom is -0.483 e. The van der Waals surface area contributed by atoms with E-state index in [2.05, 4.69) is 24.3 Å².